The first-order valence-electron chi connectivity index (χ1n) is 12.3. The van der Waals surface area contributed by atoms with Gasteiger partial charge in [0.25, 0.3) is 0 Å². The number of benzene rings is 2. The molecule has 1 aliphatic heterocycles. The quantitative estimate of drug-likeness (QED) is 0.350. The Morgan fingerprint density at radius 1 is 1.00 bits per heavy atom. The molecule has 0 aliphatic carbocycles. The summed E-state index contributed by atoms with van der Waals surface area (Å²) in [5, 5.41) is 5.37. The predicted octanol–water partition coefficient (Wildman–Crippen LogP) is 4.98. The fourth-order valence-corrected chi connectivity index (χ4v) is 5.27. The first-order chi connectivity index (χ1) is 17.3. The zero-order chi connectivity index (χ0) is 25.3. The van der Waals surface area contributed by atoms with Crippen molar-refractivity contribution in [2.24, 2.45) is 0 Å². The van der Waals surface area contributed by atoms with Gasteiger partial charge in [-0.25, -0.2) is 23.1 Å². The summed E-state index contributed by atoms with van der Waals surface area (Å²) < 4.78 is 31.4. The Balaban J connectivity index is 1.25. The fourth-order valence-electron chi connectivity index (χ4n) is 4.64. The summed E-state index contributed by atoms with van der Waals surface area (Å²) in [6.07, 6.45) is 6.40. The van der Waals surface area contributed by atoms with E-state index in [2.05, 4.69) is 58.1 Å². The van der Waals surface area contributed by atoms with Crippen molar-refractivity contribution in [2.75, 3.05) is 19.3 Å². The SMILES string of the molecule is CC(C)c1ccc(CN2CCC(n3ncc4c(Oc5ccc(S(C)(=O)=O)cc5)ncnc43)CC2)cc1. The van der Waals surface area contributed by atoms with Crippen molar-refractivity contribution in [3.8, 4) is 11.6 Å². The fraction of sp³-hybridized carbons (Fsp3) is 0.370. The third kappa shape index (κ3) is 5.27. The highest BCUT2D eigenvalue weighted by Crippen LogP contribution is 2.31. The average molecular weight is 506 g/mol. The van der Waals surface area contributed by atoms with Crippen molar-refractivity contribution in [3.63, 3.8) is 0 Å². The number of piperidine rings is 1. The van der Waals surface area contributed by atoms with Gasteiger partial charge in [-0.05, 0) is 54.2 Å². The second-order valence-electron chi connectivity index (χ2n) is 9.75. The number of sulfone groups is 1. The molecule has 4 aromatic rings. The molecule has 36 heavy (non-hydrogen) atoms. The number of ether oxygens (including phenoxy) is 1. The first kappa shape index (κ1) is 24.4. The van der Waals surface area contributed by atoms with Crippen LogP contribution >= 0.6 is 0 Å². The summed E-state index contributed by atoms with van der Waals surface area (Å²) in [6, 6.07) is 15.5. The molecular formula is C27H31N5O3S. The van der Waals surface area contributed by atoms with Gasteiger partial charge in [0, 0.05) is 25.9 Å². The molecule has 0 atom stereocenters. The maximum atomic E-state index is 11.7. The van der Waals surface area contributed by atoms with Crippen LogP contribution in [0.5, 0.6) is 11.6 Å². The molecule has 0 unspecified atom stereocenters. The molecule has 0 radical (unpaired) electrons. The van der Waals surface area contributed by atoms with Crippen LogP contribution in [-0.2, 0) is 16.4 Å². The third-order valence-electron chi connectivity index (χ3n) is 6.78. The van der Waals surface area contributed by atoms with Gasteiger partial charge in [-0.1, -0.05) is 38.1 Å². The summed E-state index contributed by atoms with van der Waals surface area (Å²) in [5.74, 6) is 1.46. The zero-order valence-electron chi connectivity index (χ0n) is 20.8. The molecule has 0 saturated carbocycles. The zero-order valence-corrected chi connectivity index (χ0v) is 21.6. The largest absolute Gasteiger partial charge is 0.438 e. The van der Waals surface area contributed by atoms with E-state index in [1.54, 1.807) is 18.3 Å². The van der Waals surface area contributed by atoms with Gasteiger partial charge in [0.2, 0.25) is 5.88 Å². The standard InChI is InChI=1S/C27H31N5O3S/c1-19(2)21-6-4-20(5-7-21)17-31-14-12-22(13-15-31)32-26-25(16-30-32)27(29-18-28-26)35-23-8-10-24(11-9-23)36(3,33)34/h4-11,16,18-19,22H,12-15,17H2,1-3H3. The van der Waals surface area contributed by atoms with Crippen molar-refractivity contribution in [3.05, 3.63) is 72.2 Å². The highest BCUT2D eigenvalue weighted by Gasteiger charge is 2.24. The Kier molecular flexibility index (Phi) is 6.77. The molecule has 8 nitrogen and oxygen atoms in total. The number of likely N-dealkylation sites (tertiary alicyclic amines) is 1. The van der Waals surface area contributed by atoms with Crippen LogP contribution in [0.1, 0.15) is 49.8 Å². The summed E-state index contributed by atoms with van der Waals surface area (Å²) in [7, 11) is -3.26. The van der Waals surface area contributed by atoms with Crippen molar-refractivity contribution in [1.82, 2.24) is 24.6 Å². The molecule has 1 fully saturated rings. The minimum absolute atomic E-state index is 0.245. The predicted molar refractivity (Wildman–Crippen MR) is 139 cm³/mol. The van der Waals surface area contributed by atoms with E-state index in [0.29, 0.717) is 17.5 Å². The van der Waals surface area contributed by atoms with E-state index < -0.39 is 9.84 Å². The lowest BCUT2D eigenvalue weighted by Gasteiger charge is -2.32. The Morgan fingerprint density at radius 3 is 2.33 bits per heavy atom. The maximum absolute atomic E-state index is 11.7. The Hall–Kier alpha value is -3.30. The third-order valence-corrected chi connectivity index (χ3v) is 7.90. The normalized spacial score (nSPS) is 15.6. The molecule has 5 rings (SSSR count). The van der Waals surface area contributed by atoms with E-state index in [1.165, 1.54) is 35.8 Å². The van der Waals surface area contributed by atoms with Gasteiger partial charge < -0.3 is 4.74 Å². The van der Waals surface area contributed by atoms with E-state index in [-0.39, 0.29) is 10.9 Å². The summed E-state index contributed by atoms with van der Waals surface area (Å²) in [4.78, 5) is 11.5. The van der Waals surface area contributed by atoms with Gasteiger partial charge in [0.15, 0.2) is 15.5 Å². The van der Waals surface area contributed by atoms with Gasteiger partial charge in [-0.15, -0.1) is 0 Å². The van der Waals surface area contributed by atoms with E-state index in [4.69, 9.17) is 4.74 Å². The lowest BCUT2D eigenvalue weighted by Crippen LogP contribution is -2.34. The summed E-state index contributed by atoms with van der Waals surface area (Å²) in [5.41, 5.74) is 3.47. The minimum Gasteiger partial charge on any atom is -0.438 e. The van der Waals surface area contributed by atoms with E-state index >= 15 is 0 Å². The minimum atomic E-state index is -3.26. The Labute approximate surface area is 211 Å². The molecular weight excluding hydrogens is 474 g/mol. The van der Waals surface area contributed by atoms with Crippen LogP contribution in [-0.4, -0.2) is 52.4 Å². The number of rotatable bonds is 7. The Morgan fingerprint density at radius 2 is 1.69 bits per heavy atom. The van der Waals surface area contributed by atoms with Crippen molar-refractivity contribution >= 4 is 20.9 Å². The molecule has 0 bridgehead atoms. The van der Waals surface area contributed by atoms with Gasteiger partial charge in [-0.2, -0.15) is 5.10 Å². The van der Waals surface area contributed by atoms with Crippen LogP contribution in [0.2, 0.25) is 0 Å². The van der Waals surface area contributed by atoms with Crippen LogP contribution in [0.3, 0.4) is 0 Å². The van der Waals surface area contributed by atoms with Crippen LogP contribution in [0.15, 0.2) is 66.0 Å². The highest BCUT2D eigenvalue weighted by atomic mass is 32.2. The molecule has 0 amide bonds. The molecule has 1 aliphatic rings. The Bertz CT molecular complexity index is 1440. The van der Waals surface area contributed by atoms with Crippen LogP contribution < -0.4 is 4.74 Å². The van der Waals surface area contributed by atoms with Crippen LogP contribution in [0, 0.1) is 0 Å². The van der Waals surface area contributed by atoms with Gasteiger partial charge in [-0.3, -0.25) is 4.90 Å². The van der Waals surface area contributed by atoms with Crippen LogP contribution in [0.25, 0.3) is 11.0 Å². The topological polar surface area (TPSA) is 90.2 Å². The number of hydrogen-bond donors (Lipinski definition) is 0. The molecule has 0 spiro atoms. The number of aromatic nitrogens is 4. The molecule has 9 heteroatoms. The van der Waals surface area contributed by atoms with Gasteiger partial charge >= 0.3 is 0 Å². The van der Waals surface area contributed by atoms with Crippen LogP contribution in [0.4, 0.5) is 0 Å². The van der Waals surface area contributed by atoms with Crippen molar-refractivity contribution in [2.45, 2.75) is 50.1 Å². The molecule has 2 aromatic heterocycles. The first-order valence-corrected chi connectivity index (χ1v) is 14.1. The van der Waals surface area contributed by atoms with Gasteiger partial charge in [0.1, 0.15) is 17.5 Å². The molecule has 1 saturated heterocycles. The summed E-state index contributed by atoms with van der Waals surface area (Å²) in [6.45, 7) is 7.40. The smallest absolute Gasteiger partial charge is 0.233 e. The second-order valence-corrected chi connectivity index (χ2v) is 11.8. The molecule has 2 aromatic carbocycles. The molecule has 3 heterocycles. The molecule has 188 valence electrons. The lowest BCUT2D eigenvalue weighted by atomic mass is 10.0. The number of nitrogens with zero attached hydrogens (tertiary/aromatic N) is 5. The van der Waals surface area contributed by atoms with E-state index in [9.17, 15) is 8.42 Å². The summed E-state index contributed by atoms with van der Waals surface area (Å²) >= 11 is 0. The van der Waals surface area contributed by atoms with Gasteiger partial charge in [0.05, 0.1) is 17.1 Å². The molecule has 0 N–H and O–H groups in total. The number of fused-ring (bicyclic) bond motifs is 1. The highest BCUT2D eigenvalue weighted by molar-refractivity contribution is 7.90. The van der Waals surface area contributed by atoms with E-state index in [1.807, 2.05) is 4.68 Å². The van der Waals surface area contributed by atoms with Crippen molar-refractivity contribution < 1.29 is 13.2 Å². The maximum Gasteiger partial charge on any atom is 0.233 e. The van der Waals surface area contributed by atoms with Crippen molar-refractivity contribution in [1.29, 1.82) is 0 Å². The van der Waals surface area contributed by atoms with E-state index in [0.717, 1.165) is 43.5 Å². The second kappa shape index (κ2) is 9.99. The monoisotopic (exact) mass is 505 g/mol. The lowest BCUT2D eigenvalue weighted by molar-refractivity contribution is 0.175. The number of hydrogen-bond acceptors (Lipinski definition) is 7. The average Bonchev–Trinajstić information content (AvgIpc) is 3.30.